The number of thiazole rings is 1. The fourth-order valence-electron chi connectivity index (χ4n) is 4.32. The molecule has 194 valence electrons. The van der Waals surface area contributed by atoms with Crippen LogP contribution in [0.15, 0.2) is 87.1 Å². The maximum Gasteiger partial charge on any atom is 0.338 e. The number of hydrogen-bond donors (Lipinski definition) is 0. The Hall–Kier alpha value is -3.95. The van der Waals surface area contributed by atoms with Gasteiger partial charge in [0.15, 0.2) is 16.3 Å². The summed E-state index contributed by atoms with van der Waals surface area (Å²) >= 11 is 2.85. The molecule has 5 rings (SSSR count). The predicted molar refractivity (Wildman–Crippen MR) is 148 cm³/mol. The Morgan fingerprint density at radius 3 is 2.63 bits per heavy atom. The zero-order valence-electron chi connectivity index (χ0n) is 21.2. The molecule has 0 spiro atoms. The van der Waals surface area contributed by atoms with Crippen LogP contribution in [0, 0.1) is 0 Å². The molecular formula is C29H26N2O5S2. The lowest BCUT2D eigenvalue weighted by Gasteiger charge is -2.25. The average molecular weight is 547 g/mol. The Labute approximate surface area is 227 Å². The summed E-state index contributed by atoms with van der Waals surface area (Å²) in [6.07, 6.45) is 1.86. The third-order valence-electron chi connectivity index (χ3n) is 6.07. The molecule has 1 aliphatic heterocycles. The molecule has 0 bridgehead atoms. The van der Waals surface area contributed by atoms with Crippen LogP contribution in [-0.2, 0) is 16.1 Å². The zero-order chi connectivity index (χ0) is 26.6. The summed E-state index contributed by atoms with van der Waals surface area (Å²) in [6, 6.07) is 18.5. The summed E-state index contributed by atoms with van der Waals surface area (Å²) in [5, 5.41) is 1.96. The van der Waals surface area contributed by atoms with Crippen LogP contribution < -0.4 is 24.4 Å². The van der Waals surface area contributed by atoms with Crippen LogP contribution in [-0.4, -0.2) is 24.3 Å². The standard InChI is InChI=1S/C29H26N2O5S2/c1-4-35-28(33)25-18(2)30-29-31(27(32)24(38-29)16-21-11-8-14-37-21)26(25)20-12-13-22(23(15-20)34-3)36-17-19-9-6-5-7-10-19/h5-16,26H,4,17H2,1-3H3/b24-16-. The molecule has 0 saturated carbocycles. The summed E-state index contributed by atoms with van der Waals surface area (Å²) in [7, 11) is 1.56. The highest BCUT2D eigenvalue weighted by molar-refractivity contribution is 7.11. The van der Waals surface area contributed by atoms with Crippen molar-refractivity contribution in [3.05, 3.63) is 113 Å². The van der Waals surface area contributed by atoms with Crippen molar-refractivity contribution in [2.75, 3.05) is 13.7 Å². The molecule has 0 radical (unpaired) electrons. The Morgan fingerprint density at radius 2 is 1.92 bits per heavy atom. The maximum absolute atomic E-state index is 13.7. The lowest BCUT2D eigenvalue weighted by Crippen LogP contribution is -2.39. The summed E-state index contributed by atoms with van der Waals surface area (Å²) in [5.74, 6) is 0.551. The van der Waals surface area contributed by atoms with Crippen LogP contribution in [0.2, 0.25) is 0 Å². The minimum atomic E-state index is -0.729. The molecule has 0 aliphatic carbocycles. The number of carbonyl (C=O) groups excluding carboxylic acids is 1. The van der Waals surface area contributed by atoms with E-state index in [2.05, 4.69) is 4.99 Å². The van der Waals surface area contributed by atoms with Gasteiger partial charge in [-0.1, -0.05) is 53.8 Å². The molecule has 0 saturated heterocycles. The summed E-state index contributed by atoms with van der Waals surface area (Å²) in [4.78, 5) is 33.0. The second kappa shape index (κ2) is 11.2. The van der Waals surface area contributed by atoms with Crippen molar-refractivity contribution in [3.8, 4) is 11.5 Å². The Morgan fingerprint density at radius 1 is 1.11 bits per heavy atom. The lowest BCUT2D eigenvalue weighted by molar-refractivity contribution is -0.139. The number of hydrogen-bond acceptors (Lipinski definition) is 8. The number of fused-ring (bicyclic) bond motifs is 1. The first-order valence-corrected chi connectivity index (χ1v) is 13.8. The highest BCUT2D eigenvalue weighted by Crippen LogP contribution is 2.36. The number of benzene rings is 2. The largest absolute Gasteiger partial charge is 0.493 e. The fraction of sp³-hybridized carbons (Fsp3) is 0.207. The Balaban J connectivity index is 1.61. The Bertz CT molecular complexity index is 1670. The molecule has 7 nitrogen and oxygen atoms in total. The van der Waals surface area contributed by atoms with Gasteiger partial charge >= 0.3 is 5.97 Å². The molecule has 1 atom stereocenters. The first kappa shape index (κ1) is 25.7. The number of rotatable bonds is 8. The number of aromatic nitrogens is 1. The van der Waals surface area contributed by atoms with Gasteiger partial charge in [0.05, 0.1) is 35.6 Å². The van der Waals surface area contributed by atoms with Gasteiger partial charge in [0.25, 0.3) is 5.56 Å². The van der Waals surface area contributed by atoms with Gasteiger partial charge in [0.1, 0.15) is 6.61 Å². The van der Waals surface area contributed by atoms with E-state index in [1.54, 1.807) is 49.0 Å². The van der Waals surface area contributed by atoms with E-state index in [-0.39, 0.29) is 12.2 Å². The number of allylic oxidation sites excluding steroid dienone is 1. The van der Waals surface area contributed by atoms with Gasteiger partial charge in [-0.2, -0.15) is 0 Å². The number of ether oxygens (including phenoxy) is 3. The normalized spacial score (nSPS) is 15.1. The summed E-state index contributed by atoms with van der Waals surface area (Å²) in [6.45, 7) is 4.10. The van der Waals surface area contributed by atoms with Crippen molar-refractivity contribution in [1.82, 2.24) is 4.57 Å². The molecule has 4 aromatic rings. The third kappa shape index (κ3) is 5.07. The number of methoxy groups -OCH3 is 1. The predicted octanol–water partition coefficient (Wildman–Crippen LogP) is 4.45. The number of carbonyl (C=O) groups is 1. The van der Waals surface area contributed by atoms with E-state index in [1.807, 2.05) is 60.0 Å². The van der Waals surface area contributed by atoms with Crippen molar-refractivity contribution >= 4 is 34.7 Å². The van der Waals surface area contributed by atoms with E-state index >= 15 is 0 Å². The van der Waals surface area contributed by atoms with Gasteiger partial charge < -0.3 is 14.2 Å². The second-order valence-corrected chi connectivity index (χ2v) is 10.5. The SMILES string of the molecule is CCOC(=O)C1=C(C)N=c2s/c(=C\c3cccs3)c(=O)n2C1c1ccc(OCc2ccccc2)c(OC)c1. The molecule has 9 heteroatoms. The van der Waals surface area contributed by atoms with Crippen LogP contribution in [0.5, 0.6) is 11.5 Å². The van der Waals surface area contributed by atoms with Crippen molar-refractivity contribution < 1.29 is 19.0 Å². The van der Waals surface area contributed by atoms with Crippen molar-refractivity contribution in [2.45, 2.75) is 26.5 Å². The van der Waals surface area contributed by atoms with E-state index in [0.29, 0.717) is 44.3 Å². The number of thiophene rings is 1. The van der Waals surface area contributed by atoms with Crippen molar-refractivity contribution in [2.24, 2.45) is 4.99 Å². The van der Waals surface area contributed by atoms with Crippen molar-refractivity contribution in [1.29, 1.82) is 0 Å². The van der Waals surface area contributed by atoms with E-state index in [0.717, 1.165) is 10.4 Å². The van der Waals surface area contributed by atoms with Crippen molar-refractivity contribution in [3.63, 3.8) is 0 Å². The van der Waals surface area contributed by atoms with E-state index in [1.165, 1.54) is 11.3 Å². The quantitative estimate of drug-likeness (QED) is 0.305. The monoisotopic (exact) mass is 546 g/mol. The summed E-state index contributed by atoms with van der Waals surface area (Å²) in [5.41, 5.74) is 2.34. The minimum absolute atomic E-state index is 0.209. The summed E-state index contributed by atoms with van der Waals surface area (Å²) < 4.78 is 19.2. The number of esters is 1. The first-order chi connectivity index (χ1) is 18.5. The molecule has 3 heterocycles. The van der Waals surface area contributed by atoms with Crippen LogP contribution >= 0.6 is 22.7 Å². The highest BCUT2D eigenvalue weighted by Gasteiger charge is 2.34. The van der Waals surface area contributed by atoms with E-state index in [4.69, 9.17) is 14.2 Å². The fourth-order valence-corrected chi connectivity index (χ4v) is 6.09. The highest BCUT2D eigenvalue weighted by atomic mass is 32.1. The van der Waals surface area contributed by atoms with Crippen LogP contribution in [0.1, 0.15) is 35.9 Å². The maximum atomic E-state index is 13.7. The van der Waals surface area contributed by atoms with Gasteiger partial charge in [-0.05, 0) is 54.6 Å². The molecule has 0 fully saturated rings. The third-order valence-corrected chi connectivity index (χ3v) is 7.88. The molecule has 0 N–H and O–H groups in total. The number of nitrogens with zero attached hydrogens (tertiary/aromatic N) is 2. The van der Waals surface area contributed by atoms with Gasteiger partial charge in [-0.15, -0.1) is 11.3 Å². The van der Waals surface area contributed by atoms with Crippen LogP contribution in [0.25, 0.3) is 6.08 Å². The topological polar surface area (TPSA) is 79.1 Å². The second-order valence-electron chi connectivity index (χ2n) is 8.50. The molecular weight excluding hydrogens is 520 g/mol. The average Bonchev–Trinajstić information content (AvgIpc) is 3.55. The van der Waals surface area contributed by atoms with E-state index in [9.17, 15) is 9.59 Å². The molecule has 1 unspecified atom stereocenters. The van der Waals surface area contributed by atoms with Gasteiger partial charge in [0.2, 0.25) is 0 Å². The van der Waals surface area contributed by atoms with Crippen LogP contribution in [0.3, 0.4) is 0 Å². The van der Waals surface area contributed by atoms with Crippen LogP contribution in [0.4, 0.5) is 0 Å². The zero-order valence-corrected chi connectivity index (χ0v) is 22.8. The minimum Gasteiger partial charge on any atom is -0.493 e. The molecule has 2 aromatic heterocycles. The van der Waals surface area contributed by atoms with Gasteiger partial charge in [-0.3, -0.25) is 9.36 Å². The molecule has 2 aromatic carbocycles. The van der Waals surface area contributed by atoms with Gasteiger partial charge in [-0.25, -0.2) is 9.79 Å². The first-order valence-electron chi connectivity index (χ1n) is 12.1. The molecule has 1 aliphatic rings. The van der Waals surface area contributed by atoms with Gasteiger partial charge in [0, 0.05) is 4.88 Å². The van der Waals surface area contributed by atoms with E-state index < -0.39 is 12.0 Å². The lowest BCUT2D eigenvalue weighted by atomic mass is 9.95. The molecule has 0 amide bonds. The molecule has 38 heavy (non-hydrogen) atoms. The Kier molecular flexibility index (Phi) is 7.57. The smallest absolute Gasteiger partial charge is 0.338 e.